The van der Waals surface area contributed by atoms with Gasteiger partial charge in [-0.2, -0.15) is 8.78 Å². The summed E-state index contributed by atoms with van der Waals surface area (Å²) in [5.74, 6) is -19.0. The number of hydrogen-bond donors (Lipinski definition) is 2. The topological polar surface area (TPSA) is 147 Å². The van der Waals surface area contributed by atoms with Crippen molar-refractivity contribution in [2.24, 2.45) is 17.8 Å². The number of esters is 1. The SMILES string of the molecule is CCC(CC(CC(C)C(=O)N(C)C)C(=O)NCCNC(=O)c1ccnc(CN(Cc2ccccn2)Cc2ccccn2)c1)C(=O)Oc1c(F)c(F)c(F)c(F)c1F.[Cl][Os][Cl]. The average Bonchev–Trinajstić information content (AvgIpc) is 3.24. The van der Waals surface area contributed by atoms with Crippen LogP contribution in [-0.4, -0.2) is 75.6 Å². The Morgan fingerprint density at radius 2 is 1.25 bits per heavy atom. The van der Waals surface area contributed by atoms with Crippen LogP contribution in [0.4, 0.5) is 22.0 Å². The van der Waals surface area contributed by atoms with E-state index < -0.39 is 85.8 Å². The van der Waals surface area contributed by atoms with Gasteiger partial charge >= 0.3 is 40.7 Å². The van der Waals surface area contributed by atoms with Crippen LogP contribution in [0.3, 0.4) is 0 Å². The molecule has 4 rings (SSSR count). The number of rotatable bonds is 19. The number of pyridine rings is 3. The average molecular weight is 1060 g/mol. The first-order chi connectivity index (χ1) is 28.6. The van der Waals surface area contributed by atoms with Gasteiger partial charge < -0.3 is 20.3 Å². The molecule has 0 saturated carbocycles. The van der Waals surface area contributed by atoms with Gasteiger partial charge in [0, 0.05) is 82.8 Å². The molecule has 0 aliphatic carbocycles. The molecule has 3 heterocycles. The van der Waals surface area contributed by atoms with Gasteiger partial charge in [0.25, 0.3) is 5.91 Å². The molecule has 3 aromatic heterocycles. The van der Waals surface area contributed by atoms with Crippen molar-refractivity contribution in [2.75, 3.05) is 27.2 Å². The van der Waals surface area contributed by atoms with E-state index in [4.69, 9.17) is 19.3 Å². The third-order valence-electron chi connectivity index (χ3n) is 9.04. The van der Waals surface area contributed by atoms with Crippen LogP contribution in [0.1, 0.15) is 60.5 Å². The number of aromatic nitrogens is 3. The fourth-order valence-electron chi connectivity index (χ4n) is 6.06. The minimum atomic E-state index is -2.41. The molecule has 4 aromatic rings. The molecule has 1 aromatic carbocycles. The molecule has 12 nitrogen and oxygen atoms in total. The molecule has 20 heteroatoms. The molecule has 0 radical (unpaired) electrons. The van der Waals surface area contributed by atoms with E-state index in [1.165, 1.54) is 32.1 Å². The Morgan fingerprint density at radius 3 is 1.77 bits per heavy atom. The van der Waals surface area contributed by atoms with E-state index in [0.29, 0.717) is 30.9 Å². The molecule has 60 heavy (non-hydrogen) atoms. The van der Waals surface area contributed by atoms with E-state index in [-0.39, 0.29) is 38.3 Å². The van der Waals surface area contributed by atoms with Crippen molar-refractivity contribution in [1.29, 1.82) is 0 Å². The summed E-state index contributed by atoms with van der Waals surface area (Å²) in [6, 6.07) is 14.5. The van der Waals surface area contributed by atoms with E-state index in [1.54, 1.807) is 31.5 Å². The fraction of sp³-hybridized carbons (Fsp3) is 0.375. The summed E-state index contributed by atoms with van der Waals surface area (Å²) in [6.45, 7) is 4.42. The number of benzene rings is 1. The van der Waals surface area contributed by atoms with Gasteiger partial charge in [0.05, 0.1) is 23.0 Å². The number of hydrogen-bond acceptors (Lipinski definition) is 9. The Hall–Kier alpha value is -4.62. The Labute approximate surface area is 360 Å². The molecular weight excluding hydrogens is 1010 g/mol. The van der Waals surface area contributed by atoms with Gasteiger partial charge in [0.15, 0.2) is 0 Å². The van der Waals surface area contributed by atoms with Crippen LogP contribution in [0.25, 0.3) is 0 Å². The van der Waals surface area contributed by atoms with E-state index in [0.717, 1.165) is 11.4 Å². The number of carbonyl (C=O) groups is 4. The van der Waals surface area contributed by atoms with Crippen molar-refractivity contribution >= 4 is 43.0 Å². The summed E-state index contributed by atoms with van der Waals surface area (Å²) >= 11 is -0.639. The Bertz CT molecular complexity index is 1980. The Morgan fingerprint density at radius 1 is 0.733 bits per heavy atom. The van der Waals surface area contributed by atoms with Gasteiger partial charge in [-0.25, -0.2) is 13.2 Å². The van der Waals surface area contributed by atoms with E-state index in [9.17, 15) is 41.1 Å². The van der Waals surface area contributed by atoms with Crippen LogP contribution in [-0.2, 0) is 49.4 Å². The number of carbonyl (C=O) groups excluding carboxylic acids is 4. The van der Waals surface area contributed by atoms with Crippen LogP contribution in [0, 0.1) is 46.8 Å². The van der Waals surface area contributed by atoms with Crippen LogP contribution < -0.4 is 15.4 Å². The van der Waals surface area contributed by atoms with Gasteiger partial charge in [-0.3, -0.25) is 39.0 Å². The van der Waals surface area contributed by atoms with Crippen LogP contribution >= 0.6 is 19.3 Å². The zero-order valence-electron chi connectivity index (χ0n) is 33.0. The van der Waals surface area contributed by atoms with Gasteiger partial charge in [0.1, 0.15) is 0 Å². The quantitative estimate of drug-likeness (QED) is 0.0260. The molecule has 0 saturated heterocycles. The van der Waals surface area contributed by atoms with Gasteiger partial charge in [0.2, 0.25) is 46.6 Å². The molecule has 3 atom stereocenters. The second kappa shape index (κ2) is 25.2. The molecule has 0 aliphatic heterocycles. The third-order valence-corrected chi connectivity index (χ3v) is 9.04. The molecule has 0 spiro atoms. The molecule has 326 valence electrons. The molecule has 0 aliphatic rings. The molecule has 0 bridgehead atoms. The monoisotopic (exact) mass is 1060 g/mol. The summed E-state index contributed by atoms with van der Waals surface area (Å²) in [4.78, 5) is 69.0. The second-order valence-electron chi connectivity index (χ2n) is 13.6. The van der Waals surface area contributed by atoms with Gasteiger partial charge in [-0.15, -0.1) is 0 Å². The van der Waals surface area contributed by atoms with Crippen LogP contribution in [0.15, 0.2) is 67.1 Å². The molecular formula is C40H44Cl2F5N7O5Os. The molecule has 3 amide bonds. The first-order valence-electron chi connectivity index (χ1n) is 18.4. The van der Waals surface area contributed by atoms with Crippen molar-refractivity contribution in [3.05, 3.63) is 119 Å². The Kier molecular flexibility index (Phi) is 20.9. The summed E-state index contributed by atoms with van der Waals surface area (Å²) in [5.41, 5.74) is 2.64. The maximum atomic E-state index is 14.3. The van der Waals surface area contributed by atoms with Crippen molar-refractivity contribution in [3.63, 3.8) is 0 Å². The van der Waals surface area contributed by atoms with Crippen LogP contribution in [0.2, 0.25) is 0 Å². The number of nitrogens with zero attached hydrogens (tertiary/aromatic N) is 5. The molecule has 2 N–H and O–H groups in total. The second-order valence-corrected chi connectivity index (χ2v) is 17.3. The maximum absolute atomic E-state index is 14.3. The van der Waals surface area contributed by atoms with E-state index in [2.05, 4.69) is 35.2 Å². The number of halogens is 7. The zero-order chi connectivity index (χ0) is 44.4. The number of amides is 3. The summed E-state index contributed by atoms with van der Waals surface area (Å²) in [6.07, 6.45) is 4.56. The van der Waals surface area contributed by atoms with Gasteiger partial charge in [-0.1, -0.05) is 26.0 Å². The molecule has 3 unspecified atom stereocenters. The van der Waals surface area contributed by atoms with Crippen LogP contribution in [0.5, 0.6) is 5.75 Å². The first kappa shape index (κ1) is 49.7. The number of nitrogens with one attached hydrogen (secondary N) is 2. The van der Waals surface area contributed by atoms with E-state index >= 15 is 0 Å². The third kappa shape index (κ3) is 15.1. The van der Waals surface area contributed by atoms with Crippen molar-refractivity contribution in [1.82, 2.24) is 35.4 Å². The van der Waals surface area contributed by atoms with Crippen molar-refractivity contribution in [3.8, 4) is 5.75 Å². The number of ether oxygens (including phenoxy) is 1. The summed E-state index contributed by atoms with van der Waals surface area (Å²) in [7, 11) is 12.9. The normalized spacial score (nSPS) is 12.5. The first-order valence-corrected chi connectivity index (χ1v) is 24.7. The zero-order valence-corrected chi connectivity index (χ0v) is 37.1. The summed E-state index contributed by atoms with van der Waals surface area (Å²) in [5, 5.41) is 5.42. The van der Waals surface area contributed by atoms with E-state index in [1.807, 2.05) is 36.4 Å². The predicted octanol–water partition coefficient (Wildman–Crippen LogP) is 6.74. The van der Waals surface area contributed by atoms with Crippen molar-refractivity contribution in [2.45, 2.75) is 52.7 Å². The molecule has 0 fully saturated rings. The standard InChI is InChI=1S/C40H44F5N7O5.2ClH.Os/c1-5-25(40(56)57-36-34(44)32(42)31(41)33(43)35(36)45)19-27(18-24(2)39(55)51(3)4)38(54)50-17-16-49-37(53)26-12-15-48-30(20-26)23-52(21-28-10-6-8-13-46-28)22-29-11-7-9-14-47-29;;;/h6-15,20,24-25,27H,5,16-19,21-23H2,1-4H3,(H,49,53)(H,50,54);2*1H;/q;;;+2/p-2. The Balaban J connectivity index is 0.00000311. The predicted molar refractivity (Wildman–Crippen MR) is 209 cm³/mol. The van der Waals surface area contributed by atoms with Crippen molar-refractivity contribution < 1.29 is 61.3 Å². The minimum absolute atomic E-state index is 0.00783. The fourth-order valence-corrected chi connectivity index (χ4v) is 6.06. The van der Waals surface area contributed by atoms with Gasteiger partial charge in [-0.05, 0) is 55.7 Å². The summed E-state index contributed by atoms with van der Waals surface area (Å²) < 4.78 is 74.2.